The fourth-order valence-corrected chi connectivity index (χ4v) is 3.37. The molecule has 0 radical (unpaired) electrons. The Morgan fingerprint density at radius 2 is 1.59 bits per heavy atom. The SMILES string of the molecule is Cc1ccccc1Cn1cc(/C=C/C(=O)c2ccccc2)c2ccccc21. The molecule has 4 rings (SSSR count). The highest BCUT2D eigenvalue weighted by atomic mass is 16.1. The van der Waals surface area contributed by atoms with Gasteiger partial charge in [-0.25, -0.2) is 0 Å². The molecule has 0 aliphatic carbocycles. The van der Waals surface area contributed by atoms with Gasteiger partial charge in [-0.2, -0.15) is 0 Å². The van der Waals surface area contributed by atoms with Crippen molar-refractivity contribution < 1.29 is 4.79 Å². The van der Waals surface area contributed by atoms with Crippen molar-refractivity contribution in [3.05, 3.63) is 113 Å². The molecule has 132 valence electrons. The van der Waals surface area contributed by atoms with Crippen LogP contribution in [0.25, 0.3) is 17.0 Å². The predicted octanol–water partition coefficient (Wildman–Crippen LogP) is 5.89. The summed E-state index contributed by atoms with van der Waals surface area (Å²) in [4.78, 5) is 12.4. The van der Waals surface area contributed by atoms with Crippen LogP contribution in [0.5, 0.6) is 0 Å². The Bertz CT molecular complexity index is 1120. The molecule has 0 N–H and O–H groups in total. The van der Waals surface area contributed by atoms with Gasteiger partial charge in [0, 0.05) is 34.8 Å². The van der Waals surface area contributed by atoms with Gasteiger partial charge in [-0.3, -0.25) is 4.79 Å². The van der Waals surface area contributed by atoms with Crippen LogP contribution in [0.4, 0.5) is 0 Å². The molecule has 0 atom stereocenters. The van der Waals surface area contributed by atoms with Crippen LogP contribution in [-0.2, 0) is 6.54 Å². The van der Waals surface area contributed by atoms with Gasteiger partial charge >= 0.3 is 0 Å². The molecule has 1 heterocycles. The first-order valence-corrected chi connectivity index (χ1v) is 9.12. The number of carbonyl (C=O) groups is 1. The Hall–Kier alpha value is -3.39. The zero-order chi connectivity index (χ0) is 18.6. The smallest absolute Gasteiger partial charge is 0.185 e. The molecule has 0 saturated carbocycles. The van der Waals surface area contributed by atoms with E-state index in [1.807, 2.05) is 42.5 Å². The third-order valence-electron chi connectivity index (χ3n) is 4.89. The summed E-state index contributed by atoms with van der Waals surface area (Å²) in [6, 6.07) is 26.1. The Balaban J connectivity index is 1.69. The lowest BCUT2D eigenvalue weighted by Crippen LogP contribution is -1.99. The number of nitrogens with zero attached hydrogens (tertiary/aromatic N) is 1. The molecule has 1 aromatic heterocycles. The minimum atomic E-state index is 0.0198. The third-order valence-corrected chi connectivity index (χ3v) is 4.89. The van der Waals surface area contributed by atoms with Crippen LogP contribution in [-0.4, -0.2) is 10.4 Å². The molecule has 0 saturated heterocycles. The second-order valence-electron chi connectivity index (χ2n) is 6.72. The van der Waals surface area contributed by atoms with Crippen molar-refractivity contribution in [2.24, 2.45) is 0 Å². The third kappa shape index (κ3) is 3.61. The molecule has 3 aromatic carbocycles. The van der Waals surface area contributed by atoms with Gasteiger partial charge in [-0.15, -0.1) is 0 Å². The fraction of sp³-hybridized carbons (Fsp3) is 0.0800. The lowest BCUT2D eigenvalue weighted by Gasteiger charge is -2.08. The summed E-state index contributed by atoms with van der Waals surface area (Å²) in [5, 5.41) is 1.16. The van der Waals surface area contributed by atoms with Gasteiger partial charge in [0.25, 0.3) is 0 Å². The van der Waals surface area contributed by atoms with Crippen molar-refractivity contribution in [3.8, 4) is 0 Å². The normalized spacial score (nSPS) is 11.3. The van der Waals surface area contributed by atoms with Crippen LogP contribution in [0.1, 0.15) is 27.0 Å². The Kier molecular flexibility index (Phi) is 4.71. The van der Waals surface area contributed by atoms with Gasteiger partial charge in [-0.05, 0) is 36.3 Å². The maximum absolute atomic E-state index is 12.4. The summed E-state index contributed by atoms with van der Waals surface area (Å²) in [5.74, 6) is 0.0198. The lowest BCUT2D eigenvalue weighted by atomic mass is 10.1. The minimum absolute atomic E-state index is 0.0198. The number of hydrogen-bond donors (Lipinski definition) is 0. The first kappa shape index (κ1) is 17.0. The van der Waals surface area contributed by atoms with Crippen molar-refractivity contribution in [1.82, 2.24) is 4.57 Å². The van der Waals surface area contributed by atoms with Crippen LogP contribution in [0.3, 0.4) is 0 Å². The van der Waals surface area contributed by atoms with E-state index in [1.54, 1.807) is 6.08 Å². The second kappa shape index (κ2) is 7.46. The number of allylic oxidation sites excluding steroid dienone is 1. The average Bonchev–Trinajstić information content (AvgIpc) is 3.06. The largest absolute Gasteiger partial charge is 0.342 e. The number of benzene rings is 3. The van der Waals surface area contributed by atoms with Gasteiger partial charge in [0.15, 0.2) is 5.78 Å². The highest BCUT2D eigenvalue weighted by molar-refractivity contribution is 6.07. The number of hydrogen-bond acceptors (Lipinski definition) is 1. The summed E-state index contributed by atoms with van der Waals surface area (Å²) in [6.45, 7) is 2.95. The van der Waals surface area contributed by atoms with E-state index < -0.39 is 0 Å². The Morgan fingerprint density at radius 3 is 2.41 bits per heavy atom. The van der Waals surface area contributed by atoms with E-state index in [2.05, 4.69) is 60.2 Å². The van der Waals surface area contributed by atoms with Gasteiger partial charge in [0.05, 0.1) is 0 Å². The summed E-state index contributed by atoms with van der Waals surface area (Å²) >= 11 is 0. The van der Waals surface area contributed by atoms with Crippen molar-refractivity contribution in [3.63, 3.8) is 0 Å². The zero-order valence-corrected chi connectivity index (χ0v) is 15.3. The number of para-hydroxylation sites is 1. The number of rotatable bonds is 5. The standard InChI is InChI=1S/C25H21NO/c1-19-9-5-6-12-21(19)17-26-18-22(23-13-7-8-14-24(23)26)15-16-25(27)20-10-3-2-4-11-20/h2-16,18H,17H2,1H3/b16-15+. The topological polar surface area (TPSA) is 22.0 Å². The molecule has 0 bridgehead atoms. The Morgan fingerprint density at radius 1 is 0.889 bits per heavy atom. The Labute approximate surface area is 159 Å². The van der Waals surface area contributed by atoms with Crippen LogP contribution >= 0.6 is 0 Å². The molecule has 0 fully saturated rings. The molecule has 27 heavy (non-hydrogen) atoms. The molecule has 2 nitrogen and oxygen atoms in total. The number of ketones is 1. The molecule has 0 amide bonds. The first-order valence-electron chi connectivity index (χ1n) is 9.12. The molecule has 0 unspecified atom stereocenters. The van der Waals surface area contributed by atoms with Crippen LogP contribution in [0, 0.1) is 6.92 Å². The summed E-state index contributed by atoms with van der Waals surface area (Å²) in [6.07, 6.45) is 5.72. The second-order valence-corrected chi connectivity index (χ2v) is 6.72. The summed E-state index contributed by atoms with van der Waals surface area (Å²) in [7, 11) is 0. The molecule has 0 aliphatic heterocycles. The quantitative estimate of drug-likeness (QED) is 0.324. The van der Waals surface area contributed by atoms with Crippen LogP contribution in [0.15, 0.2) is 91.1 Å². The monoisotopic (exact) mass is 351 g/mol. The molecule has 4 aromatic rings. The van der Waals surface area contributed by atoms with Crippen molar-refractivity contribution in [2.75, 3.05) is 0 Å². The van der Waals surface area contributed by atoms with E-state index >= 15 is 0 Å². The fourth-order valence-electron chi connectivity index (χ4n) is 3.37. The molecule has 0 aliphatic rings. The average molecular weight is 351 g/mol. The minimum Gasteiger partial charge on any atom is -0.342 e. The van der Waals surface area contributed by atoms with E-state index in [4.69, 9.17) is 0 Å². The number of fused-ring (bicyclic) bond motifs is 1. The number of aromatic nitrogens is 1. The first-order chi connectivity index (χ1) is 13.2. The van der Waals surface area contributed by atoms with Crippen molar-refractivity contribution >= 4 is 22.8 Å². The number of carbonyl (C=O) groups excluding carboxylic acids is 1. The highest BCUT2D eigenvalue weighted by Crippen LogP contribution is 2.24. The molecular formula is C25H21NO. The molecule has 2 heteroatoms. The maximum atomic E-state index is 12.4. The maximum Gasteiger partial charge on any atom is 0.185 e. The zero-order valence-electron chi connectivity index (χ0n) is 15.3. The van der Waals surface area contributed by atoms with E-state index in [1.165, 1.54) is 16.6 Å². The van der Waals surface area contributed by atoms with E-state index in [0.29, 0.717) is 5.56 Å². The molecule has 0 spiro atoms. The number of aryl methyl sites for hydroxylation is 1. The lowest BCUT2D eigenvalue weighted by molar-refractivity contribution is 0.104. The van der Waals surface area contributed by atoms with E-state index in [0.717, 1.165) is 17.5 Å². The van der Waals surface area contributed by atoms with Gasteiger partial charge in [0.2, 0.25) is 0 Å². The van der Waals surface area contributed by atoms with Crippen molar-refractivity contribution in [2.45, 2.75) is 13.5 Å². The van der Waals surface area contributed by atoms with E-state index in [-0.39, 0.29) is 5.78 Å². The van der Waals surface area contributed by atoms with Gasteiger partial charge in [0.1, 0.15) is 0 Å². The summed E-state index contributed by atoms with van der Waals surface area (Å²) < 4.78 is 2.25. The van der Waals surface area contributed by atoms with Gasteiger partial charge in [-0.1, -0.05) is 72.8 Å². The highest BCUT2D eigenvalue weighted by Gasteiger charge is 2.08. The van der Waals surface area contributed by atoms with Crippen molar-refractivity contribution in [1.29, 1.82) is 0 Å². The predicted molar refractivity (Wildman–Crippen MR) is 112 cm³/mol. The van der Waals surface area contributed by atoms with Crippen LogP contribution < -0.4 is 0 Å². The van der Waals surface area contributed by atoms with E-state index in [9.17, 15) is 4.79 Å². The molecular weight excluding hydrogens is 330 g/mol. The van der Waals surface area contributed by atoms with Gasteiger partial charge < -0.3 is 4.57 Å². The van der Waals surface area contributed by atoms with Crippen LogP contribution in [0.2, 0.25) is 0 Å². The summed E-state index contributed by atoms with van der Waals surface area (Å²) in [5.41, 5.74) is 5.52.